The van der Waals surface area contributed by atoms with Crippen LogP contribution in [0.4, 0.5) is 0 Å². The Balaban J connectivity index is 2.53. The highest BCUT2D eigenvalue weighted by molar-refractivity contribution is 6.36. The summed E-state index contributed by atoms with van der Waals surface area (Å²) in [4.78, 5) is 14.0. The van der Waals surface area contributed by atoms with E-state index in [4.69, 9.17) is 11.6 Å². The molecule has 0 bridgehead atoms. The van der Waals surface area contributed by atoms with Crippen molar-refractivity contribution in [2.45, 2.75) is 6.54 Å². The molecule has 0 aliphatic carbocycles. The maximum Gasteiger partial charge on any atom is 0.253 e. The normalized spacial score (nSPS) is 11.2. The number of carbonyl (C=O) groups is 1. The molecule has 0 unspecified atom stereocenters. The molecule has 5 heteroatoms. The van der Waals surface area contributed by atoms with E-state index in [0.29, 0.717) is 10.6 Å². The van der Waals surface area contributed by atoms with E-state index in [9.17, 15) is 4.79 Å². The second-order valence-electron chi connectivity index (χ2n) is 4.75. The van der Waals surface area contributed by atoms with Gasteiger partial charge in [-0.15, -0.1) is 0 Å². The lowest BCUT2D eigenvalue weighted by Crippen LogP contribution is -2.19. The fourth-order valence-electron chi connectivity index (χ4n) is 2.11. The number of rotatable bonds is 4. The Morgan fingerprint density at radius 1 is 1.42 bits per heavy atom. The van der Waals surface area contributed by atoms with Gasteiger partial charge in [-0.05, 0) is 26.2 Å². The molecule has 0 saturated carbocycles. The fourth-order valence-corrected chi connectivity index (χ4v) is 2.38. The molecule has 1 heterocycles. The van der Waals surface area contributed by atoms with Crippen LogP contribution >= 0.6 is 11.6 Å². The number of likely N-dealkylation sites (N-methyl/N-ethyl adjacent to an activating group) is 1. The molecular weight excluding hydrogens is 262 g/mol. The first-order chi connectivity index (χ1) is 9.04. The van der Waals surface area contributed by atoms with Gasteiger partial charge in [0.05, 0.1) is 16.1 Å². The molecule has 0 saturated heterocycles. The van der Waals surface area contributed by atoms with Gasteiger partial charge in [-0.25, -0.2) is 0 Å². The van der Waals surface area contributed by atoms with Crippen molar-refractivity contribution in [1.82, 2.24) is 14.8 Å². The molecular formula is C14H18ClN3O. The predicted octanol–water partition coefficient (Wildman–Crippen LogP) is 2.22. The van der Waals surface area contributed by atoms with Crippen molar-refractivity contribution in [3.05, 3.63) is 35.0 Å². The van der Waals surface area contributed by atoms with Gasteiger partial charge in [0, 0.05) is 31.7 Å². The Labute approximate surface area is 117 Å². The molecule has 0 fully saturated rings. The molecule has 0 aliphatic heterocycles. The molecule has 2 rings (SSSR count). The van der Waals surface area contributed by atoms with Crippen LogP contribution in [0.2, 0.25) is 5.02 Å². The molecule has 0 spiro atoms. The zero-order valence-corrected chi connectivity index (χ0v) is 12.2. The van der Waals surface area contributed by atoms with E-state index < -0.39 is 0 Å². The smallest absolute Gasteiger partial charge is 0.253 e. The maximum absolute atomic E-state index is 11.9. The average Bonchev–Trinajstić information content (AvgIpc) is 2.76. The summed E-state index contributed by atoms with van der Waals surface area (Å²) >= 11 is 6.24. The van der Waals surface area contributed by atoms with Gasteiger partial charge in [0.25, 0.3) is 5.91 Å². The topological polar surface area (TPSA) is 37.3 Å². The van der Waals surface area contributed by atoms with E-state index in [1.54, 1.807) is 7.05 Å². The van der Waals surface area contributed by atoms with Crippen LogP contribution in [0.3, 0.4) is 0 Å². The number of amides is 1. The van der Waals surface area contributed by atoms with E-state index in [-0.39, 0.29) is 5.91 Å². The lowest BCUT2D eigenvalue weighted by atomic mass is 10.1. The van der Waals surface area contributed by atoms with Crippen LogP contribution in [0.5, 0.6) is 0 Å². The first kappa shape index (κ1) is 13.9. The van der Waals surface area contributed by atoms with E-state index in [2.05, 4.69) is 14.8 Å². The lowest BCUT2D eigenvalue weighted by molar-refractivity contribution is 0.0964. The molecule has 2 aromatic rings. The molecule has 4 nitrogen and oxygen atoms in total. The maximum atomic E-state index is 11.9. The van der Waals surface area contributed by atoms with Gasteiger partial charge in [-0.2, -0.15) is 0 Å². The number of benzene rings is 1. The van der Waals surface area contributed by atoms with Gasteiger partial charge in [0.1, 0.15) is 0 Å². The third-order valence-corrected chi connectivity index (χ3v) is 3.43. The van der Waals surface area contributed by atoms with E-state index >= 15 is 0 Å². The summed E-state index contributed by atoms with van der Waals surface area (Å²) < 4.78 is 2.08. The highest BCUT2D eigenvalue weighted by atomic mass is 35.5. The lowest BCUT2D eigenvalue weighted by Gasteiger charge is -2.11. The van der Waals surface area contributed by atoms with E-state index in [0.717, 1.165) is 24.0 Å². The number of fused-ring (bicyclic) bond motifs is 1. The first-order valence-corrected chi connectivity index (χ1v) is 6.56. The number of hydrogen-bond acceptors (Lipinski definition) is 2. The number of hydrogen-bond donors (Lipinski definition) is 1. The van der Waals surface area contributed by atoms with Crippen LogP contribution in [0.25, 0.3) is 10.9 Å². The van der Waals surface area contributed by atoms with Gasteiger partial charge < -0.3 is 14.8 Å². The third-order valence-electron chi connectivity index (χ3n) is 3.12. The minimum Gasteiger partial charge on any atom is -0.355 e. The van der Waals surface area contributed by atoms with Crippen molar-refractivity contribution in [3.8, 4) is 0 Å². The van der Waals surface area contributed by atoms with Crippen LogP contribution in [-0.4, -0.2) is 43.1 Å². The van der Waals surface area contributed by atoms with E-state index in [1.165, 1.54) is 0 Å². The molecule has 102 valence electrons. The van der Waals surface area contributed by atoms with Gasteiger partial charge >= 0.3 is 0 Å². The van der Waals surface area contributed by atoms with Crippen molar-refractivity contribution in [1.29, 1.82) is 0 Å². The second-order valence-corrected chi connectivity index (χ2v) is 5.16. The largest absolute Gasteiger partial charge is 0.355 e. The number of nitrogens with zero attached hydrogens (tertiary/aromatic N) is 2. The molecule has 0 aliphatic rings. The number of carbonyl (C=O) groups excluding carboxylic acids is 1. The fraction of sp³-hybridized carbons (Fsp3) is 0.357. The second kappa shape index (κ2) is 5.63. The Morgan fingerprint density at radius 3 is 2.79 bits per heavy atom. The summed E-state index contributed by atoms with van der Waals surface area (Å²) in [5, 5.41) is 4.09. The summed E-state index contributed by atoms with van der Waals surface area (Å²) in [6.07, 6.45) is 1.87. The van der Waals surface area contributed by atoms with Crippen LogP contribution in [0.15, 0.2) is 24.4 Å². The summed E-state index contributed by atoms with van der Waals surface area (Å²) in [6.45, 7) is 1.73. The number of halogens is 1. The Morgan fingerprint density at radius 2 is 2.16 bits per heavy atom. The molecule has 1 N–H and O–H groups in total. The molecule has 0 radical (unpaired) electrons. The average molecular weight is 280 g/mol. The molecule has 1 amide bonds. The highest BCUT2D eigenvalue weighted by Crippen LogP contribution is 2.28. The summed E-state index contributed by atoms with van der Waals surface area (Å²) in [5.41, 5.74) is 1.62. The van der Waals surface area contributed by atoms with Crippen molar-refractivity contribution in [2.24, 2.45) is 0 Å². The number of aromatic nitrogens is 1. The minimum atomic E-state index is -0.110. The van der Waals surface area contributed by atoms with Crippen molar-refractivity contribution in [3.63, 3.8) is 0 Å². The predicted molar refractivity (Wildman–Crippen MR) is 78.9 cm³/mol. The number of nitrogens with one attached hydrogen (secondary N) is 1. The van der Waals surface area contributed by atoms with Crippen LogP contribution in [-0.2, 0) is 6.54 Å². The molecule has 19 heavy (non-hydrogen) atoms. The zero-order chi connectivity index (χ0) is 14.0. The zero-order valence-electron chi connectivity index (χ0n) is 11.4. The standard InChI is InChI=1S/C14H18ClN3O/c1-16-14(19)10-9-18(8-7-17(2)3)12-6-4-5-11(15)13(10)12/h4-6,9H,7-8H2,1-3H3,(H,16,19). The van der Waals surface area contributed by atoms with Crippen LogP contribution in [0, 0.1) is 0 Å². The first-order valence-electron chi connectivity index (χ1n) is 6.18. The van der Waals surface area contributed by atoms with E-state index in [1.807, 2.05) is 38.5 Å². The van der Waals surface area contributed by atoms with Crippen molar-refractivity contribution >= 4 is 28.4 Å². The summed E-state index contributed by atoms with van der Waals surface area (Å²) in [5.74, 6) is -0.110. The summed E-state index contributed by atoms with van der Waals surface area (Å²) in [7, 11) is 5.68. The summed E-state index contributed by atoms with van der Waals surface area (Å²) in [6, 6.07) is 5.71. The monoisotopic (exact) mass is 279 g/mol. The Hall–Kier alpha value is -1.52. The molecule has 1 aromatic heterocycles. The van der Waals surface area contributed by atoms with Crippen LogP contribution in [0.1, 0.15) is 10.4 Å². The SMILES string of the molecule is CNC(=O)c1cn(CCN(C)C)c2cccc(Cl)c12. The molecule has 0 atom stereocenters. The van der Waals surface area contributed by atoms with Gasteiger partial charge in [-0.3, -0.25) is 4.79 Å². The van der Waals surface area contributed by atoms with Crippen molar-refractivity contribution < 1.29 is 4.79 Å². The van der Waals surface area contributed by atoms with Crippen LogP contribution < -0.4 is 5.32 Å². The van der Waals surface area contributed by atoms with Crippen molar-refractivity contribution in [2.75, 3.05) is 27.7 Å². The quantitative estimate of drug-likeness (QED) is 0.932. The minimum absolute atomic E-state index is 0.110. The highest BCUT2D eigenvalue weighted by Gasteiger charge is 2.16. The molecule has 1 aromatic carbocycles. The van der Waals surface area contributed by atoms with Gasteiger partial charge in [-0.1, -0.05) is 17.7 Å². The third kappa shape index (κ3) is 2.74. The van der Waals surface area contributed by atoms with Gasteiger partial charge in [0.15, 0.2) is 0 Å². The van der Waals surface area contributed by atoms with Gasteiger partial charge in [0.2, 0.25) is 0 Å². The Bertz CT molecular complexity index is 604. The Kier molecular flexibility index (Phi) is 4.12.